The quantitative estimate of drug-likeness (QED) is 0.585. The number of carbonyl (C=O) groups is 1. The molecule has 0 unspecified atom stereocenters. The molecular formula is C26H32F4N4O2. The van der Waals surface area contributed by atoms with Crippen molar-refractivity contribution in [3.63, 3.8) is 0 Å². The molecule has 0 bridgehead atoms. The van der Waals surface area contributed by atoms with Gasteiger partial charge in [-0.3, -0.25) is 0 Å². The van der Waals surface area contributed by atoms with E-state index in [9.17, 15) is 22.4 Å². The van der Waals surface area contributed by atoms with Crippen LogP contribution in [0.2, 0.25) is 0 Å². The largest absolute Gasteiger partial charge is 0.416 e. The van der Waals surface area contributed by atoms with Crippen LogP contribution >= 0.6 is 0 Å². The van der Waals surface area contributed by atoms with Crippen LogP contribution in [0.1, 0.15) is 29.5 Å². The Morgan fingerprint density at radius 3 is 2.36 bits per heavy atom. The Hall–Kier alpha value is -2.85. The number of urea groups is 1. The fourth-order valence-electron chi connectivity index (χ4n) is 4.68. The Morgan fingerprint density at radius 1 is 1.06 bits per heavy atom. The zero-order valence-electron chi connectivity index (χ0n) is 20.4. The predicted molar refractivity (Wildman–Crippen MR) is 129 cm³/mol. The highest BCUT2D eigenvalue weighted by Gasteiger charge is 2.32. The molecule has 2 saturated heterocycles. The molecule has 6 nitrogen and oxygen atoms in total. The molecule has 0 spiro atoms. The Bertz CT molecular complexity index is 1020. The first-order valence-electron chi connectivity index (χ1n) is 12.2. The van der Waals surface area contributed by atoms with Gasteiger partial charge < -0.3 is 24.8 Å². The number of benzene rings is 2. The minimum absolute atomic E-state index is 0.0342. The molecular weight excluding hydrogens is 476 g/mol. The molecule has 2 fully saturated rings. The zero-order valence-corrected chi connectivity index (χ0v) is 20.4. The summed E-state index contributed by atoms with van der Waals surface area (Å²) >= 11 is 0. The van der Waals surface area contributed by atoms with Crippen LogP contribution in [-0.2, 0) is 24.0 Å². The number of ether oxygens (including phenoxy) is 1. The molecule has 2 aromatic carbocycles. The SMILES string of the molecule is CN1CCN(c2ccc(C(F)(F)F)cc2CNC(=O)N(Cc2ccc(F)cc2)C2CCOCC2)CC1. The summed E-state index contributed by atoms with van der Waals surface area (Å²) in [5.74, 6) is -0.359. The fraction of sp³-hybridized carbons (Fsp3) is 0.500. The number of anilines is 1. The van der Waals surface area contributed by atoms with Gasteiger partial charge >= 0.3 is 12.2 Å². The number of nitrogens with one attached hydrogen (secondary N) is 1. The summed E-state index contributed by atoms with van der Waals surface area (Å²) in [7, 11) is 2.01. The third-order valence-corrected chi connectivity index (χ3v) is 6.84. The van der Waals surface area contributed by atoms with Crippen LogP contribution in [0, 0.1) is 5.82 Å². The van der Waals surface area contributed by atoms with Crippen LogP contribution in [0.15, 0.2) is 42.5 Å². The number of amides is 2. The first-order valence-corrected chi connectivity index (χ1v) is 12.2. The van der Waals surface area contributed by atoms with Gasteiger partial charge in [0.15, 0.2) is 0 Å². The highest BCUT2D eigenvalue weighted by molar-refractivity contribution is 5.75. The lowest BCUT2D eigenvalue weighted by Gasteiger charge is -2.36. The molecule has 196 valence electrons. The second kappa shape index (κ2) is 11.5. The van der Waals surface area contributed by atoms with E-state index in [1.165, 1.54) is 18.2 Å². The maximum absolute atomic E-state index is 13.5. The van der Waals surface area contributed by atoms with Gasteiger partial charge in [-0.25, -0.2) is 9.18 Å². The van der Waals surface area contributed by atoms with Crippen LogP contribution in [0.4, 0.5) is 28.0 Å². The summed E-state index contributed by atoms with van der Waals surface area (Å²) in [5.41, 5.74) is 1.16. The van der Waals surface area contributed by atoms with E-state index in [4.69, 9.17) is 4.74 Å². The van der Waals surface area contributed by atoms with Crippen molar-refractivity contribution in [1.82, 2.24) is 15.1 Å². The smallest absolute Gasteiger partial charge is 0.381 e. The molecule has 10 heteroatoms. The minimum Gasteiger partial charge on any atom is -0.381 e. The normalized spacial score (nSPS) is 17.8. The number of piperazine rings is 1. The number of nitrogens with zero attached hydrogens (tertiary/aromatic N) is 3. The van der Waals surface area contributed by atoms with Crippen molar-refractivity contribution in [3.05, 3.63) is 65.0 Å². The lowest BCUT2D eigenvalue weighted by atomic mass is 10.1. The Labute approximate surface area is 208 Å². The van der Waals surface area contributed by atoms with Crippen LogP contribution in [0.3, 0.4) is 0 Å². The molecule has 2 aliphatic rings. The number of carbonyl (C=O) groups excluding carboxylic acids is 1. The summed E-state index contributed by atoms with van der Waals surface area (Å²) in [6.45, 7) is 4.30. The first kappa shape index (κ1) is 26.2. The van der Waals surface area contributed by atoms with Crippen molar-refractivity contribution in [2.75, 3.05) is 51.3 Å². The summed E-state index contributed by atoms with van der Waals surface area (Å²) in [6.07, 6.45) is -3.16. The van der Waals surface area contributed by atoms with Crippen LogP contribution in [0.25, 0.3) is 0 Å². The van der Waals surface area contributed by atoms with Gasteiger partial charge in [0.2, 0.25) is 0 Å². The maximum Gasteiger partial charge on any atom is 0.416 e. The second-order valence-electron chi connectivity index (χ2n) is 9.39. The number of halogens is 4. The lowest BCUT2D eigenvalue weighted by Crippen LogP contribution is -2.48. The van der Waals surface area contributed by atoms with Gasteiger partial charge in [-0.1, -0.05) is 12.1 Å². The van der Waals surface area contributed by atoms with E-state index in [0.717, 1.165) is 30.8 Å². The van der Waals surface area contributed by atoms with Gasteiger partial charge in [-0.2, -0.15) is 13.2 Å². The molecule has 2 heterocycles. The summed E-state index contributed by atoms with van der Waals surface area (Å²) in [6, 6.07) is 9.25. The van der Waals surface area contributed by atoms with Gasteiger partial charge in [0.1, 0.15) is 5.82 Å². The molecule has 0 aliphatic carbocycles. The van der Waals surface area contributed by atoms with Gasteiger partial charge in [-0.05, 0) is 61.3 Å². The first-order chi connectivity index (χ1) is 17.2. The van der Waals surface area contributed by atoms with Gasteiger partial charge in [0.05, 0.1) is 5.56 Å². The summed E-state index contributed by atoms with van der Waals surface area (Å²) < 4.78 is 59.3. The molecule has 0 saturated carbocycles. The van der Waals surface area contributed by atoms with E-state index in [0.29, 0.717) is 50.4 Å². The number of alkyl halides is 3. The van der Waals surface area contributed by atoms with Crippen molar-refractivity contribution in [2.24, 2.45) is 0 Å². The number of likely N-dealkylation sites (N-methyl/N-ethyl adjacent to an activating group) is 1. The molecule has 1 N–H and O–H groups in total. The Balaban J connectivity index is 1.53. The van der Waals surface area contributed by atoms with E-state index in [2.05, 4.69) is 15.1 Å². The third-order valence-electron chi connectivity index (χ3n) is 6.84. The summed E-state index contributed by atoms with van der Waals surface area (Å²) in [4.78, 5) is 19.3. The van der Waals surface area contributed by atoms with Crippen LogP contribution in [0.5, 0.6) is 0 Å². The van der Waals surface area contributed by atoms with Gasteiger partial charge in [0, 0.05) is 64.2 Å². The zero-order chi connectivity index (χ0) is 25.7. The topological polar surface area (TPSA) is 48.0 Å². The van der Waals surface area contributed by atoms with Crippen LogP contribution in [-0.4, -0.2) is 68.3 Å². The highest BCUT2D eigenvalue weighted by atomic mass is 19.4. The molecule has 0 aromatic heterocycles. The molecule has 0 atom stereocenters. The van der Waals surface area contributed by atoms with Gasteiger partial charge in [0.25, 0.3) is 0 Å². The average Bonchev–Trinajstić information content (AvgIpc) is 2.87. The van der Waals surface area contributed by atoms with E-state index >= 15 is 0 Å². The monoisotopic (exact) mass is 508 g/mol. The molecule has 36 heavy (non-hydrogen) atoms. The number of rotatable bonds is 6. The molecule has 2 aliphatic heterocycles. The third kappa shape index (κ3) is 6.67. The van der Waals surface area contributed by atoms with E-state index in [-0.39, 0.29) is 31.0 Å². The molecule has 2 aromatic rings. The van der Waals surface area contributed by atoms with E-state index < -0.39 is 11.7 Å². The minimum atomic E-state index is -4.48. The van der Waals surface area contributed by atoms with Gasteiger partial charge in [-0.15, -0.1) is 0 Å². The molecule has 0 radical (unpaired) electrons. The fourth-order valence-corrected chi connectivity index (χ4v) is 4.68. The second-order valence-corrected chi connectivity index (χ2v) is 9.39. The Kier molecular flexibility index (Phi) is 8.35. The Morgan fingerprint density at radius 2 is 1.72 bits per heavy atom. The summed E-state index contributed by atoms with van der Waals surface area (Å²) in [5, 5.41) is 2.86. The standard InChI is InChI=1S/C26H32F4N4O2/c1-32-10-12-33(13-11-32)24-7-4-21(26(28,29)30)16-20(24)17-31-25(35)34(23-8-14-36-15-9-23)18-19-2-5-22(27)6-3-19/h2-7,16,23H,8-15,17-18H2,1H3,(H,31,35). The predicted octanol–water partition coefficient (Wildman–Crippen LogP) is 4.49. The maximum atomic E-state index is 13.5. The van der Waals surface area contributed by atoms with Crippen molar-refractivity contribution in [1.29, 1.82) is 0 Å². The van der Waals surface area contributed by atoms with E-state index in [1.54, 1.807) is 17.0 Å². The number of hydrogen-bond acceptors (Lipinski definition) is 4. The van der Waals surface area contributed by atoms with Crippen LogP contribution < -0.4 is 10.2 Å². The van der Waals surface area contributed by atoms with E-state index in [1.807, 2.05) is 7.05 Å². The molecule has 4 rings (SSSR count). The average molecular weight is 509 g/mol. The van der Waals surface area contributed by atoms with Crippen molar-refractivity contribution in [2.45, 2.75) is 38.1 Å². The molecule has 2 amide bonds. The van der Waals surface area contributed by atoms with Crippen molar-refractivity contribution >= 4 is 11.7 Å². The highest BCUT2D eigenvalue weighted by Crippen LogP contribution is 2.33. The van der Waals surface area contributed by atoms with Crippen molar-refractivity contribution < 1.29 is 27.1 Å². The number of hydrogen-bond donors (Lipinski definition) is 1. The lowest BCUT2D eigenvalue weighted by molar-refractivity contribution is -0.137. The van der Waals surface area contributed by atoms with Crippen molar-refractivity contribution in [3.8, 4) is 0 Å².